The van der Waals surface area contributed by atoms with Gasteiger partial charge >= 0.3 is 0 Å². The second-order valence-electron chi connectivity index (χ2n) is 5.79. The number of hydrogen-bond acceptors (Lipinski definition) is 2. The van der Waals surface area contributed by atoms with Crippen LogP contribution in [-0.4, -0.2) is 17.9 Å². The van der Waals surface area contributed by atoms with Crippen molar-refractivity contribution in [2.75, 3.05) is 0 Å². The van der Waals surface area contributed by atoms with Crippen LogP contribution in [0.15, 0.2) is 42.5 Å². The molecule has 25 heavy (non-hydrogen) atoms. The van der Waals surface area contributed by atoms with Crippen molar-refractivity contribution in [3.8, 4) is 0 Å². The molecule has 0 spiro atoms. The van der Waals surface area contributed by atoms with Crippen molar-refractivity contribution in [2.45, 2.75) is 32.9 Å². The van der Waals surface area contributed by atoms with Gasteiger partial charge in [-0.1, -0.05) is 19.1 Å². The molecule has 4 nitrogen and oxygen atoms in total. The highest BCUT2D eigenvalue weighted by molar-refractivity contribution is 5.95. The number of amides is 2. The van der Waals surface area contributed by atoms with E-state index in [1.807, 2.05) is 13.8 Å². The Labute approximate surface area is 145 Å². The average molecular weight is 346 g/mol. The number of nitrogens with one attached hydrogen (secondary N) is 2. The summed E-state index contributed by atoms with van der Waals surface area (Å²) in [6.07, 6.45) is 0.843. The Morgan fingerprint density at radius 2 is 1.72 bits per heavy atom. The third-order valence-corrected chi connectivity index (χ3v) is 3.83. The predicted octanol–water partition coefficient (Wildman–Crippen LogP) is 3.42. The Hall–Kier alpha value is -2.76. The molecular formula is C19H20F2N2O2. The summed E-state index contributed by atoms with van der Waals surface area (Å²) < 4.78 is 26.4. The first kappa shape index (κ1) is 18.6. The van der Waals surface area contributed by atoms with Gasteiger partial charge in [-0.15, -0.1) is 0 Å². The molecule has 2 N–H and O–H groups in total. The SMILES string of the molecule is CCC(C)NC(=O)c1ccc(CNC(=O)c2ccc(F)cc2F)cc1. The lowest BCUT2D eigenvalue weighted by molar-refractivity contribution is 0.0932. The van der Waals surface area contributed by atoms with Crippen LogP contribution in [0.2, 0.25) is 0 Å². The zero-order valence-corrected chi connectivity index (χ0v) is 14.1. The maximum Gasteiger partial charge on any atom is 0.254 e. The second-order valence-corrected chi connectivity index (χ2v) is 5.79. The van der Waals surface area contributed by atoms with Gasteiger partial charge in [-0.05, 0) is 43.2 Å². The molecule has 1 atom stereocenters. The van der Waals surface area contributed by atoms with E-state index in [1.165, 1.54) is 0 Å². The van der Waals surface area contributed by atoms with E-state index in [1.54, 1.807) is 24.3 Å². The molecule has 0 saturated carbocycles. The maximum absolute atomic E-state index is 13.6. The molecule has 0 aliphatic carbocycles. The van der Waals surface area contributed by atoms with Crippen molar-refractivity contribution in [3.63, 3.8) is 0 Å². The van der Waals surface area contributed by atoms with Crippen molar-refractivity contribution in [1.29, 1.82) is 0 Å². The number of hydrogen-bond donors (Lipinski definition) is 2. The van der Waals surface area contributed by atoms with Gasteiger partial charge < -0.3 is 10.6 Å². The van der Waals surface area contributed by atoms with Crippen LogP contribution in [0.1, 0.15) is 46.5 Å². The van der Waals surface area contributed by atoms with E-state index >= 15 is 0 Å². The van der Waals surface area contributed by atoms with E-state index in [-0.39, 0.29) is 24.1 Å². The first-order valence-electron chi connectivity index (χ1n) is 8.03. The third-order valence-electron chi connectivity index (χ3n) is 3.83. The quantitative estimate of drug-likeness (QED) is 0.842. The summed E-state index contributed by atoms with van der Waals surface area (Å²) in [5, 5.41) is 5.43. The molecule has 0 aliphatic heterocycles. The molecule has 0 radical (unpaired) electrons. The lowest BCUT2D eigenvalue weighted by atomic mass is 10.1. The van der Waals surface area contributed by atoms with Gasteiger partial charge in [0.1, 0.15) is 11.6 Å². The molecule has 0 fully saturated rings. The predicted molar refractivity (Wildman–Crippen MR) is 91.2 cm³/mol. The molecule has 0 saturated heterocycles. The van der Waals surface area contributed by atoms with Gasteiger partial charge in [0, 0.05) is 24.2 Å². The summed E-state index contributed by atoms with van der Waals surface area (Å²) in [7, 11) is 0. The van der Waals surface area contributed by atoms with Gasteiger partial charge in [0.15, 0.2) is 0 Å². The lowest BCUT2D eigenvalue weighted by Crippen LogP contribution is -2.31. The number of carbonyl (C=O) groups is 2. The number of halogens is 2. The van der Waals surface area contributed by atoms with E-state index in [2.05, 4.69) is 10.6 Å². The minimum atomic E-state index is -0.908. The zero-order chi connectivity index (χ0) is 18.4. The number of carbonyl (C=O) groups excluding carboxylic acids is 2. The average Bonchev–Trinajstić information content (AvgIpc) is 2.60. The van der Waals surface area contributed by atoms with Gasteiger partial charge in [0.2, 0.25) is 0 Å². The van der Waals surface area contributed by atoms with Crippen molar-refractivity contribution in [2.24, 2.45) is 0 Å². The summed E-state index contributed by atoms with van der Waals surface area (Å²) in [5.41, 5.74) is 1.07. The first-order chi connectivity index (χ1) is 11.9. The van der Waals surface area contributed by atoms with Crippen LogP contribution in [0.5, 0.6) is 0 Å². The lowest BCUT2D eigenvalue weighted by Gasteiger charge is -2.12. The molecular weight excluding hydrogens is 326 g/mol. The normalized spacial score (nSPS) is 11.7. The Morgan fingerprint density at radius 1 is 1.04 bits per heavy atom. The molecule has 0 aliphatic rings. The van der Waals surface area contributed by atoms with Crippen LogP contribution in [-0.2, 0) is 6.54 Å². The fourth-order valence-corrected chi connectivity index (χ4v) is 2.13. The molecule has 2 aromatic carbocycles. The largest absolute Gasteiger partial charge is 0.350 e. The Kier molecular flexibility index (Phi) is 6.22. The summed E-state index contributed by atoms with van der Waals surface area (Å²) >= 11 is 0. The molecule has 1 unspecified atom stereocenters. The Morgan fingerprint density at radius 3 is 2.32 bits per heavy atom. The van der Waals surface area contributed by atoms with Crippen molar-refractivity contribution < 1.29 is 18.4 Å². The fourth-order valence-electron chi connectivity index (χ4n) is 2.13. The minimum Gasteiger partial charge on any atom is -0.350 e. The van der Waals surface area contributed by atoms with E-state index < -0.39 is 17.5 Å². The summed E-state index contributed by atoms with van der Waals surface area (Å²) in [4.78, 5) is 23.9. The van der Waals surface area contributed by atoms with E-state index in [0.717, 1.165) is 24.1 Å². The maximum atomic E-state index is 13.6. The highest BCUT2D eigenvalue weighted by Gasteiger charge is 2.12. The topological polar surface area (TPSA) is 58.2 Å². The van der Waals surface area contributed by atoms with Gasteiger partial charge in [-0.3, -0.25) is 9.59 Å². The molecule has 132 valence electrons. The van der Waals surface area contributed by atoms with E-state index in [9.17, 15) is 18.4 Å². The van der Waals surface area contributed by atoms with Crippen molar-refractivity contribution in [1.82, 2.24) is 10.6 Å². The van der Waals surface area contributed by atoms with Crippen LogP contribution in [0.4, 0.5) is 8.78 Å². The molecule has 0 bridgehead atoms. The third kappa shape index (κ3) is 5.11. The van der Waals surface area contributed by atoms with Crippen LogP contribution in [0.25, 0.3) is 0 Å². The van der Waals surface area contributed by atoms with Gasteiger partial charge in [-0.2, -0.15) is 0 Å². The van der Waals surface area contributed by atoms with Gasteiger partial charge in [-0.25, -0.2) is 8.78 Å². The molecule has 2 aromatic rings. The van der Waals surface area contributed by atoms with Crippen LogP contribution in [0.3, 0.4) is 0 Å². The molecule has 6 heteroatoms. The highest BCUT2D eigenvalue weighted by atomic mass is 19.1. The minimum absolute atomic E-state index is 0.0945. The molecule has 0 heterocycles. The van der Waals surface area contributed by atoms with Crippen LogP contribution >= 0.6 is 0 Å². The first-order valence-corrected chi connectivity index (χ1v) is 8.03. The standard InChI is InChI=1S/C19H20F2N2O2/c1-3-12(2)23-18(24)14-6-4-13(5-7-14)11-22-19(25)16-9-8-15(20)10-17(16)21/h4-10,12H,3,11H2,1-2H3,(H,22,25)(H,23,24). The summed E-state index contributed by atoms with van der Waals surface area (Å²) in [6.45, 7) is 4.08. The monoisotopic (exact) mass is 346 g/mol. The Bertz CT molecular complexity index is 761. The van der Waals surface area contributed by atoms with Crippen LogP contribution < -0.4 is 10.6 Å². The van der Waals surface area contributed by atoms with Crippen molar-refractivity contribution in [3.05, 3.63) is 70.8 Å². The van der Waals surface area contributed by atoms with Crippen molar-refractivity contribution >= 4 is 11.8 Å². The fraction of sp³-hybridized carbons (Fsp3) is 0.263. The van der Waals surface area contributed by atoms with Crippen LogP contribution in [0, 0.1) is 11.6 Å². The van der Waals surface area contributed by atoms with Gasteiger partial charge in [0.05, 0.1) is 5.56 Å². The highest BCUT2D eigenvalue weighted by Crippen LogP contribution is 2.10. The molecule has 2 rings (SSSR count). The van der Waals surface area contributed by atoms with Gasteiger partial charge in [0.25, 0.3) is 11.8 Å². The summed E-state index contributed by atoms with van der Waals surface area (Å²) in [6, 6.07) is 9.65. The van der Waals surface area contributed by atoms with E-state index in [4.69, 9.17) is 0 Å². The second kappa shape index (κ2) is 8.37. The molecule has 2 amide bonds. The smallest absolute Gasteiger partial charge is 0.254 e. The number of rotatable bonds is 6. The van der Waals surface area contributed by atoms with E-state index in [0.29, 0.717) is 11.6 Å². The summed E-state index contributed by atoms with van der Waals surface area (Å²) in [5.74, 6) is -2.43. The Balaban J connectivity index is 1.95. The number of benzene rings is 2. The zero-order valence-electron chi connectivity index (χ0n) is 14.1. The molecule has 0 aromatic heterocycles.